The number of urea groups is 1. The van der Waals surface area contributed by atoms with E-state index in [4.69, 9.17) is 4.74 Å². The molecule has 0 saturated heterocycles. The van der Waals surface area contributed by atoms with Gasteiger partial charge >= 0.3 is 6.03 Å². The van der Waals surface area contributed by atoms with Crippen LogP contribution in [-0.4, -0.2) is 28.3 Å². The minimum absolute atomic E-state index is 0.196. The van der Waals surface area contributed by atoms with Gasteiger partial charge in [-0.05, 0) is 57.0 Å². The Kier molecular flexibility index (Phi) is 5.20. The molecule has 0 spiro atoms. The first kappa shape index (κ1) is 19.0. The Morgan fingerprint density at radius 1 is 1.21 bits per heavy atom. The summed E-state index contributed by atoms with van der Waals surface area (Å²) in [5, 5.41) is 13.1. The largest absolute Gasteiger partial charge is 0.496 e. The third-order valence-corrected chi connectivity index (χ3v) is 5.07. The molecule has 7 heteroatoms. The number of benzene rings is 2. The fourth-order valence-electron chi connectivity index (χ4n) is 3.28. The summed E-state index contributed by atoms with van der Waals surface area (Å²) >= 11 is 0. The normalized spacial score (nSPS) is 14.3. The van der Waals surface area contributed by atoms with Crippen LogP contribution in [0.5, 0.6) is 5.75 Å². The highest BCUT2D eigenvalue weighted by molar-refractivity contribution is 5.89. The van der Waals surface area contributed by atoms with Gasteiger partial charge in [0.25, 0.3) is 0 Å². The van der Waals surface area contributed by atoms with Gasteiger partial charge in [-0.15, -0.1) is 0 Å². The van der Waals surface area contributed by atoms with Gasteiger partial charge < -0.3 is 15.4 Å². The Hall–Kier alpha value is -3.35. The number of hydrogen-bond donors (Lipinski definition) is 3. The Morgan fingerprint density at radius 3 is 2.66 bits per heavy atom. The summed E-state index contributed by atoms with van der Waals surface area (Å²) in [7, 11) is 1.63. The van der Waals surface area contributed by atoms with E-state index >= 15 is 0 Å². The fraction of sp³-hybridized carbons (Fsp3) is 0.318. The third kappa shape index (κ3) is 4.39. The maximum atomic E-state index is 12.4. The van der Waals surface area contributed by atoms with Crippen molar-refractivity contribution in [3.63, 3.8) is 0 Å². The standard InChI is InChI=1S/C22H25N5O2/c1-13-4-11-19(29-3)18(12-13)14(2)23-22(28)24-17-9-7-16(8-10-17)21-25-20(26-27-21)15-5-6-15/h4,7-12,14-15H,5-6H2,1-3H3,(H2,23,24,28)(H,25,26,27). The number of methoxy groups -OCH3 is 1. The van der Waals surface area contributed by atoms with Crippen molar-refractivity contribution >= 4 is 11.7 Å². The van der Waals surface area contributed by atoms with Crippen molar-refractivity contribution in [2.75, 3.05) is 12.4 Å². The Morgan fingerprint density at radius 2 is 1.97 bits per heavy atom. The lowest BCUT2D eigenvalue weighted by Crippen LogP contribution is -2.31. The highest BCUT2D eigenvalue weighted by atomic mass is 16.5. The highest BCUT2D eigenvalue weighted by Gasteiger charge is 2.27. The van der Waals surface area contributed by atoms with E-state index in [-0.39, 0.29) is 12.1 Å². The van der Waals surface area contributed by atoms with Crippen LogP contribution in [0, 0.1) is 6.92 Å². The Labute approximate surface area is 169 Å². The van der Waals surface area contributed by atoms with Crippen LogP contribution in [0.3, 0.4) is 0 Å². The first-order valence-corrected chi connectivity index (χ1v) is 9.78. The molecule has 0 aliphatic heterocycles. The molecular weight excluding hydrogens is 366 g/mol. The van der Waals surface area contributed by atoms with Crippen molar-refractivity contribution in [2.24, 2.45) is 0 Å². The SMILES string of the molecule is COc1ccc(C)cc1C(C)NC(=O)Nc1ccc(-c2n[nH]c(C3CC3)n2)cc1. The highest BCUT2D eigenvalue weighted by Crippen LogP contribution is 2.38. The minimum atomic E-state index is -0.275. The lowest BCUT2D eigenvalue weighted by atomic mass is 10.0. The van der Waals surface area contributed by atoms with Gasteiger partial charge in [0.2, 0.25) is 0 Å². The van der Waals surface area contributed by atoms with Crippen LogP contribution in [-0.2, 0) is 0 Å². The minimum Gasteiger partial charge on any atom is -0.496 e. The van der Waals surface area contributed by atoms with Gasteiger partial charge in [0.1, 0.15) is 11.6 Å². The molecule has 7 nitrogen and oxygen atoms in total. The van der Waals surface area contributed by atoms with Crippen LogP contribution in [0.15, 0.2) is 42.5 Å². The molecule has 0 radical (unpaired) electrons. The number of aromatic nitrogens is 3. The molecule has 1 aliphatic carbocycles. The molecule has 1 aromatic heterocycles. The molecule has 1 saturated carbocycles. The summed E-state index contributed by atoms with van der Waals surface area (Å²) in [6, 6.07) is 13.0. The van der Waals surface area contributed by atoms with Gasteiger partial charge in [-0.3, -0.25) is 5.10 Å². The number of anilines is 1. The molecule has 0 bridgehead atoms. The lowest BCUT2D eigenvalue weighted by molar-refractivity contribution is 0.249. The van der Waals surface area contributed by atoms with Gasteiger partial charge in [0.15, 0.2) is 5.82 Å². The third-order valence-electron chi connectivity index (χ3n) is 5.07. The molecule has 1 fully saturated rings. The zero-order valence-corrected chi connectivity index (χ0v) is 16.8. The maximum Gasteiger partial charge on any atom is 0.319 e. The maximum absolute atomic E-state index is 12.4. The molecule has 150 valence electrons. The van der Waals surface area contributed by atoms with Crippen molar-refractivity contribution in [3.8, 4) is 17.1 Å². The number of nitrogens with zero attached hydrogens (tertiary/aromatic N) is 2. The van der Waals surface area contributed by atoms with Crippen LogP contribution >= 0.6 is 0 Å². The van der Waals surface area contributed by atoms with Crippen LogP contribution in [0.4, 0.5) is 10.5 Å². The first-order valence-electron chi connectivity index (χ1n) is 9.78. The molecule has 2 amide bonds. The van der Waals surface area contributed by atoms with E-state index in [0.717, 1.165) is 28.3 Å². The summed E-state index contributed by atoms with van der Waals surface area (Å²) in [6.07, 6.45) is 2.36. The Bertz CT molecular complexity index is 1010. The quantitative estimate of drug-likeness (QED) is 0.575. The van der Waals surface area contributed by atoms with E-state index in [1.165, 1.54) is 12.8 Å². The van der Waals surface area contributed by atoms with Crippen LogP contribution in [0.1, 0.15) is 48.7 Å². The molecule has 1 heterocycles. The summed E-state index contributed by atoms with van der Waals surface area (Å²) in [5.41, 5.74) is 3.67. The van der Waals surface area contributed by atoms with Crippen molar-refractivity contribution < 1.29 is 9.53 Å². The number of carbonyl (C=O) groups is 1. The fourth-order valence-corrected chi connectivity index (χ4v) is 3.28. The number of nitrogens with one attached hydrogen (secondary N) is 3. The lowest BCUT2D eigenvalue weighted by Gasteiger charge is -2.18. The zero-order chi connectivity index (χ0) is 20.4. The average molecular weight is 391 g/mol. The zero-order valence-electron chi connectivity index (χ0n) is 16.8. The molecule has 4 rings (SSSR count). The molecule has 1 aliphatic rings. The number of amides is 2. The van der Waals surface area contributed by atoms with Crippen molar-refractivity contribution in [3.05, 3.63) is 59.4 Å². The number of carbonyl (C=O) groups excluding carboxylic acids is 1. The number of ether oxygens (including phenoxy) is 1. The molecule has 3 N–H and O–H groups in total. The summed E-state index contributed by atoms with van der Waals surface area (Å²) < 4.78 is 5.41. The molecule has 1 unspecified atom stereocenters. The van der Waals surface area contributed by atoms with E-state index in [0.29, 0.717) is 17.4 Å². The second-order valence-electron chi connectivity index (χ2n) is 7.46. The second kappa shape index (κ2) is 7.95. The van der Waals surface area contributed by atoms with E-state index in [2.05, 4.69) is 25.8 Å². The van der Waals surface area contributed by atoms with E-state index < -0.39 is 0 Å². The first-order chi connectivity index (χ1) is 14.0. The van der Waals surface area contributed by atoms with Gasteiger partial charge in [-0.2, -0.15) is 5.10 Å². The van der Waals surface area contributed by atoms with Crippen molar-refractivity contribution in [1.82, 2.24) is 20.5 Å². The average Bonchev–Trinajstić information content (AvgIpc) is 3.45. The molecular formula is C22H25N5O2. The number of H-pyrrole nitrogens is 1. The predicted molar refractivity (Wildman–Crippen MR) is 112 cm³/mol. The van der Waals surface area contributed by atoms with E-state index in [9.17, 15) is 4.79 Å². The van der Waals surface area contributed by atoms with Gasteiger partial charge in [0.05, 0.1) is 13.2 Å². The van der Waals surface area contributed by atoms with Gasteiger partial charge in [0, 0.05) is 22.7 Å². The summed E-state index contributed by atoms with van der Waals surface area (Å²) in [6.45, 7) is 3.94. The van der Waals surface area contributed by atoms with Gasteiger partial charge in [-0.25, -0.2) is 9.78 Å². The Balaban J connectivity index is 1.38. The van der Waals surface area contributed by atoms with E-state index in [1.54, 1.807) is 7.11 Å². The number of aromatic amines is 1. The van der Waals surface area contributed by atoms with Crippen molar-refractivity contribution in [1.29, 1.82) is 0 Å². The van der Waals surface area contributed by atoms with Crippen LogP contribution in [0.2, 0.25) is 0 Å². The van der Waals surface area contributed by atoms with Crippen molar-refractivity contribution in [2.45, 2.75) is 38.6 Å². The monoisotopic (exact) mass is 391 g/mol. The number of rotatable bonds is 6. The smallest absolute Gasteiger partial charge is 0.319 e. The topological polar surface area (TPSA) is 91.9 Å². The van der Waals surface area contributed by atoms with Crippen LogP contribution in [0.25, 0.3) is 11.4 Å². The molecule has 3 aromatic rings. The number of hydrogen-bond acceptors (Lipinski definition) is 4. The van der Waals surface area contributed by atoms with Gasteiger partial charge in [-0.1, -0.05) is 17.7 Å². The summed E-state index contributed by atoms with van der Waals surface area (Å²) in [4.78, 5) is 17.0. The van der Waals surface area contributed by atoms with Crippen LogP contribution < -0.4 is 15.4 Å². The number of aryl methyl sites for hydroxylation is 1. The molecule has 2 aromatic carbocycles. The summed E-state index contributed by atoms with van der Waals surface area (Å²) in [5.74, 6) is 2.94. The van der Waals surface area contributed by atoms with E-state index in [1.807, 2.05) is 56.3 Å². The second-order valence-corrected chi connectivity index (χ2v) is 7.46. The predicted octanol–water partition coefficient (Wildman–Crippen LogP) is 4.55. The molecule has 1 atom stereocenters. The molecule has 29 heavy (non-hydrogen) atoms.